The summed E-state index contributed by atoms with van der Waals surface area (Å²) in [7, 11) is 1.61. The number of benzene rings is 2. The maximum Gasteiger partial charge on any atom is 0.258 e. The van der Waals surface area contributed by atoms with Gasteiger partial charge in [-0.05, 0) is 63.8 Å². The molecule has 5 heteroatoms. The van der Waals surface area contributed by atoms with Crippen LogP contribution in [-0.4, -0.2) is 31.2 Å². The Hall–Kier alpha value is -2.53. The van der Waals surface area contributed by atoms with Crippen molar-refractivity contribution in [3.8, 4) is 11.5 Å². The van der Waals surface area contributed by atoms with Crippen LogP contribution in [0.4, 0.5) is 0 Å². The number of methoxy groups -OCH3 is 1. The van der Waals surface area contributed by atoms with E-state index in [1.807, 2.05) is 45.0 Å². The van der Waals surface area contributed by atoms with Crippen LogP contribution in [0.5, 0.6) is 11.5 Å². The van der Waals surface area contributed by atoms with Gasteiger partial charge >= 0.3 is 0 Å². The summed E-state index contributed by atoms with van der Waals surface area (Å²) in [6.45, 7) is 8.72. The highest BCUT2D eigenvalue weighted by atomic mass is 16.5. The standard InChI is InChI=1S/C24H34N2O3/c1-18(11-12-19-9-7-6-8-10-19)25-16-20-13-14-21(22(15-20)28-5)29-17-23(27)26-24(2,3)4/h6-10,13-15,18,25H,11-12,16-17H2,1-5H3,(H,26,27). The molecule has 2 aromatic carbocycles. The Bertz CT molecular complexity index is 769. The Morgan fingerprint density at radius 2 is 1.76 bits per heavy atom. The maximum absolute atomic E-state index is 12.0. The summed E-state index contributed by atoms with van der Waals surface area (Å²) in [5, 5.41) is 6.44. The Morgan fingerprint density at radius 3 is 2.41 bits per heavy atom. The zero-order valence-electron chi connectivity index (χ0n) is 18.2. The average molecular weight is 399 g/mol. The number of rotatable bonds is 10. The molecule has 29 heavy (non-hydrogen) atoms. The molecule has 0 saturated heterocycles. The zero-order chi connectivity index (χ0) is 21.3. The van der Waals surface area contributed by atoms with E-state index in [1.54, 1.807) is 7.11 Å². The molecule has 0 spiro atoms. The average Bonchev–Trinajstić information content (AvgIpc) is 2.68. The fraction of sp³-hybridized carbons (Fsp3) is 0.458. The van der Waals surface area contributed by atoms with Crippen molar-refractivity contribution in [2.24, 2.45) is 0 Å². The molecular weight excluding hydrogens is 364 g/mol. The predicted octanol–water partition coefficient (Wildman–Crippen LogP) is 4.10. The minimum atomic E-state index is -0.280. The van der Waals surface area contributed by atoms with Gasteiger partial charge < -0.3 is 20.1 Å². The molecular formula is C24H34N2O3. The van der Waals surface area contributed by atoms with E-state index in [0.717, 1.165) is 24.9 Å². The van der Waals surface area contributed by atoms with Crippen LogP contribution in [0.2, 0.25) is 0 Å². The number of carbonyl (C=O) groups is 1. The zero-order valence-corrected chi connectivity index (χ0v) is 18.2. The molecule has 1 atom stereocenters. The first-order valence-corrected chi connectivity index (χ1v) is 10.1. The van der Waals surface area contributed by atoms with Crippen LogP contribution in [0.25, 0.3) is 0 Å². The molecule has 1 amide bonds. The van der Waals surface area contributed by atoms with E-state index < -0.39 is 0 Å². The molecule has 2 rings (SSSR count). The molecule has 0 aliphatic rings. The van der Waals surface area contributed by atoms with Crippen molar-refractivity contribution in [3.05, 3.63) is 59.7 Å². The number of nitrogens with one attached hydrogen (secondary N) is 2. The van der Waals surface area contributed by atoms with Gasteiger partial charge in [0.15, 0.2) is 18.1 Å². The van der Waals surface area contributed by atoms with Gasteiger partial charge in [0.25, 0.3) is 5.91 Å². The lowest BCUT2D eigenvalue weighted by atomic mass is 10.1. The molecule has 2 aromatic rings. The summed E-state index contributed by atoms with van der Waals surface area (Å²) >= 11 is 0. The third kappa shape index (κ3) is 8.57. The Labute approximate surface area is 174 Å². The molecule has 2 N–H and O–H groups in total. The number of carbonyl (C=O) groups excluding carboxylic acids is 1. The molecule has 158 valence electrons. The van der Waals surface area contributed by atoms with Crippen molar-refractivity contribution < 1.29 is 14.3 Å². The second-order valence-electron chi connectivity index (χ2n) is 8.38. The number of ether oxygens (including phenoxy) is 2. The molecule has 1 unspecified atom stereocenters. The van der Waals surface area contributed by atoms with Crippen molar-refractivity contribution in [1.29, 1.82) is 0 Å². The van der Waals surface area contributed by atoms with Gasteiger partial charge in [-0.1, -0.05) is 36.4 Å². The molecule has 0 heterocycles. The van der Waals surface area contributed by atoms with E-state index >= 15 is 0 Å². The van der Waals surface area contributed by atoms with E-state index in [1.165, 1.54) is 5.56 Å². The number of aryl methyl sites for hydroxylation is 1. The van der Waals surface area contributed by atoms with E-state index in [-0.39, 0.29) is 18.1 Å². The highest BCUT2D eigenvalue weighted by Gasteiger charge is 2.15. The number of hydrogen-bond acceptors (Lipinski definition) is 4. The lowest BCUT2D eigenvalue weighted by molar-refractivity contribution is -0.124. The lowest BCUT2D eigenvalue weighted by Crippen LogP contribution is -2.43. The van der Waals surface area contributed by atoms with Crippen LogP contribution in [0.15, 0.2) is 48.5 Å². The molecule has 0 radical (unpaired) electrons. The van der Waals surface area contributed by atoms with Gasteiger partial charge in [0.05, 0.1) is 7.11 Å². The summed E-state index contributed by atoms with van der Waals surface area (Å²) < 4.78 is 11.1. The van der Waals surface area contributed by atoms with Gasteiger partial charge in [0, 0.05) is 18.1 Å². The van der Waals surface area contributed by atoms with Gasteiger partial charge in [-0.15, -0.1) is 0 Å². The summed E-state index contributed by atoms with van der Waals surface area (Å²) in [5.74, 6) is 1.04. The first kappa shape index (κ1) is 22.8. The summed E-state index contributed by atoms with van der Waals surface area (Å²) in [6.07, 6.45) is 2.13. The maximum atomic E-state index is 12.0. The van der Waals surface area contributed by atoms with Crippen LogP contribution < -0.4 is 20.1 Å². The normalized spacial score (nSPS) is 12.3. The van der Waals surface area contributed by atoms with Crippen LogP contribution >= 0.6 is 0 Å². The first-order chi connectivity index (χ1) is 13.8. The lowest BCUT2D eigenvalue weighted by Gasteiger charge is -2.21. The third-order valence-electron chi connectivity index (χ3n) is 4.46. The molecule has 0 bridgehead atoms. The number of hydrogen-bond donors (Lipinski definition) is 2. The van der Waals surface area contributed by atoms with Crippen molar-refractivity contribution >= 4 is 5.91 Å². The van der Waals surface area contributed by atoms with Gasteiger partial charge in [-0.25, -0.2) is 0 Å². The monoisotopic (exact) mass is 398 g/mol. The summed E-state index contributed by atoms with van der Waals surface area (Å²) in [4.78, 5) is 12.0. The minimum Gasteiger partial charge on any atom is -0.493 e. The van der Waals surface area contributed by atoms with Gasteiger partial charge in [0.1, 0.15) is 0 Å². The highest BCUT2D eigenvalue weighted by Crippen LogP contribution is 2.28. The third-order valence-corrected chi connectivity index (χ3v) is 4.46. The van der Waals surface area contributed by atoms with Crippen molar-refractivity contribution in [2.45, 2.75) is 58.7 Å². The summed E-state index contributed by atoms with van der Waals surface area (Å²) in [5.41, 5.74) is 2.19. The van der Waals surface area contributed by atoms with Gasteiger partial charge in [0.2, 0.25) is 0 Å². The predicted molar refractivity (Wildman–Crippen MR) is 117 cm³/mol. The fourth-order valence-corrected chi connectivity index (χ4v) is 2.96. The van der Waals surface area contributed by atoms with Crippen molar-refractivity contribution in [1.82, 2.24) is 10.6 Å². The van der Waals surface area contributed by atoms with Crippen molar-refractivity contribution in [2.75, 3.05) is 13.7 Å². The molecule has 0 aliphatic heterocycles. The first-order valence-electron chi connectivity index (χ1n) is 10.1. The number of amides is 1. The molecule has 5 nitrogen and oxygen atoms in total. The van der Waals surface area contributed by atoms with Crippen LogP contribution in [0, 0.1) is 0 Å². The molecule has 0 aliphatic carbocycles. The van der Waals surface area contributed by atoms with Crippen LogP contribution in [-0.2, 0) is 17.8 Å². The Balaban J connectivity index is 1.83. The Kier molecular flexibility index (Phi) is 8.52. The van der Waals surface area contributed by atoms with E-state index in [4.69, 9.17) is 9.47 Å². The second-order valence-corrected chi connectivity index (χ2v) is 8.38. The van der Waals surface area contributed by atoms with Gasteiger partial charge in [-0.3, -0.25) is 4.79 Å². The van der Waals surface area contributed by atoms with Crippen molar-refractivity contribution in [3.63, 3.8) is 0 Å². The van der Waals surface area contributed by atoms with E-state index in [2.05, 4.69) is 41.8 Å². The molecule has 0 saturated carbocycles. The quantitative estimate of drug-likeness (QED) is 0.633. The largest absolute Gasteiger partial charge is 0.493 e. The summed E-state index contributed by atoms with van der Waals surface area (Å²) in [6, 6.07) is 16.7. The topological polar surface area (TPSA) is 59.6 Å². The molecule has 0 fully saturated rings. The SMILES string of the molecule is COc1cc(CNC(C)CCc2ccccc2)ccc1OCC(=O)NC(C)(C)C. The smallest absolute Gasteiger partial charge is 0.258 e. The fourth-order valence-electron chi connectivity index (χ4n) is 2.96. The molecule has 0 aromatic heterocycles. The van der Waals surface area contributed by atoms with E-state index in [9.17, 15) is 4.79 Å². The second kappa shape index (κ2) is 10.9. The van der Waals surface area contributed by atoms with Crippen LogP contribution in [0.1, 0.15) is 45.2 Å². The van der Waals surface area contributed by atoms with Crippen LogP contribution in [0.3, 0.4) is 0 Å². The van der Waals surface area contributed by atoms with Gasteiger partial charge in [-0.2, -0.15) is 0 Å². The Morgan fingerprint density at radius 1 is 1.03 bits per heavy atom. The van der Waals surface area contributed by atoms with E-state index in [0.29, 0.717) is 17.5 Å². The highest BCUT2D eigenvalue weighted by molar-refractivity contribution is 5.78. The minimum absolute atomic E-state index is 0.0399.